The van der Waals surface area contributed by atoms with Crippen LogP contribution in [0.3, 0.4) is 0 Å². The molecule has 0 saturated heterocycles. The van der Waals surface area contributed by atoms with E-state index in [1.165, 1.54) is 0 Å². The van der Waals surface area contributed by atoms with Crippen LogP contribution < -0.4 is 10.6 Å². The molecule has 0 fully saturated rings. The molecule has 3 amide bonds. The molecule has 6 heteroatoms. The summed E-state index contributed by atoms with van der Waals surface area (Å²) >= 11 is 0. The number of rotatable bonds is 3. The first-order chi connectivity index (χ1) is 7.24. The number of alkyl carbamates (subject to hydrolysis) is 1. The van der Waals surface area contributed by atoms with E-state index < -0.39 is 17.6 Å². The Kier molecular flexibility index (Phi) is 5.49. The van der Waals surface area contributed by atoms with Crippen molar-refractivity contribution in [3.8, 4) is 0 Å². The summed E-state index contributed by atoms with van der Waals surface area (Å²) in [5.74, 6) is -0.936. The van der Waals surface area contributed by atoms with E-state index in [0.717, 1.165) is 0 Å². The van der Waals surface area contributed by atoms with Gasteiger partial charge in [-0.05, 0) is 20.8 Å². The Morgan fingerprint density at radius 2 is 1.69 bits per heavy atom. The minimum Gasteiger partial charge on any atom is -0.444 e. The number of carbonyl (C=O) groups excluding carboxylic acids is 3. The van der Waals surface area contributed by atoms with Gasteiger partial charge in [0.25, 0.3) is 0 Å². The molecule has 0 aromatic rings. The van der Waals surface area contributed by atoms with Crippen LogP contribution in [0.25, 0.3) is 0 Å². The third-order valence-corrected chi connectivity index (χ3v) is 1.39. The molecular weight excluding hydrogens is 212 g/mol. The van der Waals surface area contributed by atoms with E-state index >= 15 is 0 Å². The molecule has 0 spiro atoms. The minimum atomic E-state index is -0.688. The zero-order chi connectivity index (χ0) is 12.8. The molecule has 0 bridgehead atoms. The van der Waals surface area contributed by atoms with Crippen LogP contribution in [0.15, 0.2) is 0 Å². The number of amides is 3. The molecule has 16 heavy (non-hydrogen) atoms. The molecular formula is C10H18N2O4. The van der Waals surface area contributed by atoms with Gasteiger partial charge in [0.1, 0.15) is 12.1 Å². The summed E-state index contributed by atoms with van der Waals surface area (Å²) in [5, 5.41) is 4.34. The van der Waals surface area contributed by atoms with Crippen LogP contribution in [0.2, 0.25) is 0 Å². The average Bonchev–Trinajstić information content (AvgIpc) is 2.12. The monoisotopic (exact) mass is 230 g/mol. The molecule has 0 aliphatic carbocycles. The zero-order valence-corrected chi connectivity index (χ0v) is 10.0. The van der Waals surface area contributed by atoms with Crippen molar-refractivity contribution in [2.24, 2.45) is 0 Å². The summed E-state index contributed by atoms with van der Waals surface area (Å²) in [7, 11) is 0. The van der Waals surface area contributed by atoms with Crippen molar-refractivity contribution in [3.63, 3.8) is 0 Å². The lowest BCUT2D eigenvalue weighted by Crippen LogP contribution is -2.41. The Morgan fingerprint density at radius 3 is 2.12 bits per heavy atom. The first-order valence-corrected chi connectivity index (χ1v) is 5.04. The fourth-order valence-electron chi connectivity index (χ4n) is 0.755. The highest BCUT2D eigenvalue weighted by Crippen LogP contribution is 2.05. The van der Waals surface area contributed by atoms with E-state index in [1.807, 2.05) is 0 Å². The van der Waals surface area contributed by atoms with Gasteiger partial charge in [-0.2, -0.15) is 0 Å². The number of nitrogens with one attached hydrogen (secondary N) is 2. The van der Waals surface area contributed by atoms with Crippen molar-refractivity contribution in [1.29, 1.82) is 0 Å². The smallest absolute Gasteiger partial charge is 0.408 e. The maximum Gasteiger partial charge on any atom is 0.408 e. The van der Waals surface area contributed by atoms with Gasteiger partial charge in [-0.3, -0.25) is 14.9 Å². The molecule has 0 radical (unpaired) electrons. The summed E-state index contributed by atoms with van der Waals surface area (Å²) < 4.78 is 4.90. The summed E-state index contributed by atoms with van der Waals surface area (Å²) in [6, 6.07) is 0. The third-order valence-electron chi connectivity index (χ3n) is 1.39. The van der Waals surface area contributed by atoms with E-state index in [0.29, 0.717) is 0 Å². The van der Waals surface area contributed by atoms with Crippen LogP contribution in [-0.4, -0.2) is 30.1 Å². The second kappa shape index (κ2) is 6.09. The maximum atomic E-state index is 11.1. The molecule has 0 rings (SSSR count). The molecule has 0 aromatic heterocycles. The van der Waals surface area contributed by atoms with E-state index in [-0.39, 0.29) is 18.9 Å². The molecule has 0 unspecified atom stereocenters. The molecule has 0 aliphatic heterocycles. The van der Waals surface area contributed by atoms with Gasteiger partial charge >= 0.3 is 6.09 Å². The highest BCUT2D eigenvalue weighted by Gasteiger charge is 2.16. The highest BCUT2D eigenvalue weighted by molar-refractivity contribution is 5.96. The largest absolute Gasteiger partial charge is 0.444 e. The van der Waals surface area contributed by atoms with Crippen molar-refractivity contribution in [1.82, 2.24) is 10.6 Å². The molecule has 92 valence electrons. The molecule has 6 nitrogen and oxygen atoms in total. The van der Waals surface area contributed by atoms with Gasteiger partial charge in [-0.1, -0.05) is 6.92 Å². The minimum absolute atomic E-state index is 0.220. The number of imide groups is 1. The second-order valence-corrected chi connectivity index (χ2v) is 4.18. The van der Waals surface area contributed by atoms with E-state index in [9.17, 15) is 14.4 Å². The quantitative estimate of drug-likeness (QED) is 0.742. The molecule has 0 saturated carbocycles. The van der Waals surface area contributed by atoms with Crippen LogP contribution in [0, 0.1) is 0 Å². The Labute approximate surface area is 94.7 Å². The van der Waals surface area contributed by atoms with Crippen LogP contribution >= 0.6 is 0 Å². The normalized spacial score (nSPS) is 10.5. The molecule has 0 aromatic carbocycles. The standard InChI is InChI=1S/C10H18N2O4/c1-5-7(13)12-8(14)6-11-9(15)16-10(2,3)4/h5-6H2,1-4H3,(H,11,15)(H,12,13,14). The third kappa shape index (κ3) is 7.78. The lowest BCUT2D eigenvalue weighted by Gasteiger charge is -2.19. The summed E-state index contributed by atoms with van der Waals surface area (Å²) in [5.41, 5.74) is -0.611. The van der Waals surface area contributed by atoms with Crippen LogP contribution in [0.5, 0.6) is 0 Å². The van der Waals surface area contributed by atoms with Crippen LogP contribution in [0.4, 0.5) is 4.79 Å². The first-order valence-electron chi connectivity index (χ1n) is 5.04. The van der Waals surface area contributed by atoms with Crippen molar-refractivity contribution in [2.45, 2.75) is 39.7 Å². The SMILES string of the molecule is CCC(=O)NC(=O)CNC(=O)OC(C)(C)C. The predicted octanol–water partition coefficient (Wildman–Crippen LogP) is 0.564. The van der Waals surface area contributed by atoms with Crippen molar-refractivity contribution in [3.05, 3.63) is 0 Å². The molecule has 0 aliphatic rings. The Morgan fingerprint density at radius 1 is 1.12 bits per heavy atom. The van der Waals surface area contributed by atoms with Gasteiger partial charge in [-0.25, -0.2) is 4.79 Å². The Hall–Kier alpha value is -1.59. The zero-order valence-electron chi connectivity index (χ0n) is 10.0. The van der Waals surface area contributed by atoms with E-state index in [4.69, 9.17) is 4.74 Å². The van der Waals surface area contributed by atoms with Crippen molar-refractivity contribution in [2.75, 3.05) is 6.54 Å². The maximum absolute atomic E-state index is 11.1. The first kappa shape index (κ1) is 14.4. The Bertz CT molecular complexity index is 281. The van der Waals surface area contributed by atoms with Gasteiger partial charge in [0.05, 0.1) is 0 Å². The van der Waals surface area contributed by atoms with Crippen molar-refractivity contribution >= 4 is 17.9 Å². The van der Waals surface area contributed by atoms with Gasteiger partial charge in [0.2, 0.25) is 11.8 Å². The number of hydrogen-bond acceptors (Lipinski definition) is 4. The van der Waals surface area contributed by atoms with Crippen LogP contribution in [-0.2, 0) is 14.3 Å². The number of carbonyl (C=O) groups is 3. The summed E-state index contributed by atoms with van der Waals surface area (Å²) in [6.07, 6.45) is -0.468. The fraction of sp³-hybridized carbons (Fsp3) is 0.700. The fourth-order valence-corrected chi connectivity index (χ4v) is 0.755. The predicted molar refractivity (Wildman–Crippen MR) is 57.7 cm³/mol. The lowest BCUT2D eigenvalue weighted by molar-refractivity contribution is -0.129. The van der Waals surface area contributed by atoms with Gasteiger partial charge < -0.3 is 10.1 Å². The van der Waals surface area contributed by atoms with Gasteiger partial charge in [-0.15, -0.1) is 0 Å². The van der Waals surface area contributed by atoms with Crippen molar-refractivity contribution < 1.29 is 19.1 Å². The number of hydrogen-bond donors (Lipinski definition) is 2. The number of ether oxygens (including phenoxy) is 1. The van der Waals surface area contributed by atoms with Gasteiger partial charge in [0, 0.05) is 6.42 Å². The average molecular weight is 230 g/mol. The van der Waals surface area contributed by atoms with Crippen LogP contribution in [0.1, 0.15) is 34.1 Å². The second-order valence-electron chi connectivity index (χ2n) is 4.18. The molecule has 0 atom stereocenters. The van der Waals surface area contributed by atoms with E-state index in [2.05, 4.69) is 10.6 Å². The molecule has 2 N–H and O–H groups in total. The Balaban J connectivity index is 3.84. The van der Waals surface area contributed by atoms with Gasteiger partial charge in [0.15, 0.2) is 0 Å². The summed E-state index contributed by atoms with van der Waals surface area (Å²) in [4.78, 5) is 33.0. The summed E-state index contributed by atoms with van der Waals surface area (Å²) in [6.45, 7) is 6.50. The molecule has 0 heterocycles. The highest BCUT2D eigenvalue weighted by atomic mass is 16.6. The topological polar surface area (TPSA) is 84.5 Å². The lowest BCUT2D eigenvalue weighted by atomic mass is 10.2. The van der Waals surface area contributed by atoms with E-state index in [1.54, 1.807) is 27.7 Å².